The van der Waals surface area contributed by atoms with Gasteiger partial charge in [-0.2, -0.15) is 0 Å². The van der Waals surface area contributed by atoms with E-state index in [-0.39, 0.29) is 5.54 Å². The first kappa shape index (κ1) is 15.5. The Balaban J connectivity index is 2.07. The summed E-state index contributed by atoms with van der Waals surface area (Å²) in [5.41, 5.74) is 2.04. The summed E-state index contributed by atoms with van der Waals surface area (Å²) in [6.07, 6.45) is 1.22. The zero-order valence-corrected chi connectivity index (χ0v) is 13.7. The Bertz CT molecular complexity index is 417. The number of hydrogen-bond acceptors (Lipinski definition) is 2. The van der Waals surface area contributed by atoms with Crippen LogP contribution in [0.5, 0.6) is 0 Å². The predicted octanol–water partition coefficient (Wildman–Crippen LogP) is 3.85. The van der Waals surface area contributed by atoms with E-state index in [4.69, 9.17) is 0 Å². The summed E-state index contributed by atoms with van der Waals surface area (Å²) in [7, 11) is 0. The molecule has 1 aromatic rings. The molecule has 20 heavy (non-hydrogen) atoms. The van der Waals surface area contributed by atoms with E-state index >= 15 is 0 Å². The lowest BCUT2D eigenvalue weighted by molar-refractivity contribution is 0.0497. The summed E-state index contributed by atoms with van der Waals surface area (Å²) in [6, 6.07) is 11.3. The molecular formula is C18H30N2. The second-order valence-corrected chi connectivity index (χ2v) is 7.91. The minimum Gasteiger partial charge on any atom is -0.308 e. The quantitative estimate of drug-likeness (QED) is 0.900. The summed E-state index contributed by atoms with van der Waals surface area (Å²) >= 11 is 0. The van der Waals surface area contributed by atoms with Crippen molar-refractivity contribution in [2.45, 2.75) is 52.6 Å². The van der Waals surface area contributed by atoms with E-state index in [0.29, 0.717) is 11.5 Å². The van der Waals surface area contributed by atoms with Gasteiger partial charge in [0.1, 0.15) is 0 Å². The lowest BCUT2D eigenvalue weighted by atomic mass is 9.80. The molecule has 2 heteroatoms. The molecule has 0 saturated carbocycles. The van der Waals surface area contributed by atoms with Crippen LogP contribution in [0.4, 0.5) is 0 Å². The van der Waals surface area contributed by atoms with E-state index < -0.39 is 0 Å². The summed E-state index contributed by atoms with van der Waals surface area (Å²) < 4.78 is 0. The SMILES string of the molecule is CC(C)(C)CC(C)(C)N1CCNC(c2ccccc2)C1. The average molecular weight is 274 g/mol. The molecule has 0 spiro atoms. The molecule has 1 heterocycles. The van der Waals surface area contributed by atoms with Gasteiger partial charge in [0.25, 0.3) is 0 Å². The predicted molar refractivity (Wildman–Crippen MR) is 86.9 cm³/mol. The number of rotatable bonds is 3. The maximum absolute atomic E-state index is 3.66. The third-order valence-corrected chi connectivity index (χ3v) is 4.20. The van der Waals surface area contributed by atoms with Crippen molar-refractivity contribution in [2.24, 2.45) is 5.41 Å². The highest BCUT2D eigenvalue weighted by Crippen LogP contribution is 2.33. The van der Waals surface area contributed by atoms with Crippen molar-refractivity contribution in [3.05, 3.63) is 35.9 Å². The van der Waals surface area contributed by atoms with Crippen LogP contribution >= 0.6 is 0 Å². The summed E-state index contributed by atoms with van der Waals surface area (Å²) in [6.45, 7) is 15.1. The molecule has 0 aromatic heterocycles. The topological polar surface area (TPSA) is 15.3 Å². The van der Waals surface area contributed by atoms with Gasteiger partial charge >= 0.3 is 0 Å². The van der Waals surface area contributed by atoms with Gasteiger partial charge in [0.2, 0.25) is 0 Å². The molecule has 1 aromatic carbocycles. The van der Waals surface area contributed by atoms with Gasteiger partial charge in [0, 0.05) is 31.2 Å². The minimum atomic E-state index is 0.257. The molecule has 0 bridgehead atoms. The molecule has 112 valence electrons. The van der Waals surface area contributed by atoms with Crippen molar-refractivity contribution >= 4 is 0 Å². The van der Waals surface area contributed by atoms with Gasteiger partial charge in [-0.15, -0.1) is 0 Å². The molecule has 0 aliphatic carbocycles. The van der Waals surface area contributed by atoms with Gasteiger partial charge in [-0.3, -0.25) is 4.90 Å². The van der Waals surface area contributed by atoms with Crippen LogP contribution in [0.3, 0.4) is 0 Å². The van der Waals surface area contributed by atoms with Crippen LogP contribution in [-0.2, 0) is 0 Å². The van der Waals surface area contributed by atoms with Crippen molar-refractivity contribution in [1.29, 1.82) is 0 Å². The third-order valence-electron chi connectivity index (χ3n) is 4.20. The molecule has 0 amide bonds. The summed E-state index contributed by atoms with van der Waals surface area (Å²) in [4.78, 5) is 2.66. The minimum absolute atomic E-state index is 0.257. The Hall–Kier alpha value is -0.860. The molecule has 1 fully saturated rings. The monoisotopic (exact) mass is 274 g/mol. The van der Waals surface area contributed by atoms with Crippen molar-refractivity contribution in [1.82, 2.24) is 10.2 Å². The van der Waals surface area contributed by atoms with Gasteiger partial charge in [0.05, 0.1) is 0 Å². The molecule has 1 N–H and O–H groups in total. The van der Waals surface area contributed by atoms with Gasteiger partial charge in [0.15, 0.2) is 0 Å². The number of nitrogens with one attached hydrogen (secondary N) is 1. The van der Waals surface area contributed by atoms with Crippen molar-refractivity contribution < 1.29 is 0 Å². The Kier molecular flexibility index (Phi) is 4.55. The molecule has 2 nitrogen and oxygen atoms in total. The van der Waals surface area contributed by atoms with Crippen molar-refractivity contribution in [3.63, 3.8) is 0 Å². The molecule has 0 radical (unpaired) electrons. The fourth-order valence-corrected chi connectivity index (χ4v) is 3.62. The largest absolute Gasteiger partial charge is 0.308 e. The first-order valence-electron chi connectivity index (χ1n) is 7.81. The molecule has 1 aliphatic rings. The maximum atomic E-state index is 3.66. The van der Waals surface area contributed by atoms with E-state index in [2.05, 4.69) is 75.2 Å². The van der Waals surface area contributed by atoms with E-state index in [1.807, 2.05) is 0 Å². The number of hydrogen-bond donors (Lipinski definition) is 1. The highest BCUT2D eigenvalue weighted by Gasteiger charge is 2.34. The second kappa shape index (κ2) is 5.87. The van der Waals surface area contributed by atoms with Gasteiger partial charge in [-0.25, -0.2) is 0 Å². The molecule has 1 saturated heterocycles. The number of benzene rings is 1. The molecule has 1 atom stereocenters. The van der Waals surface area contributed by atoms with E-state index in [0.717, 1.165) is 19.6 Å². The van der Waals surface area contributed by atoms with Gasteiger partial charge in [-0.1, -0.05) is 51.1 Å². The molecular weight excluding hydrogens is 244 g/mol. The Morgan fingerprint density at radius 2 is 1.75 bits per heavy atom. The van der Waals surface area contributed by atoms with E-state index in [9.17, 15) is 0 Å². The Morgan fingerprint density at radius 1 is 1.10 bits per heavy atom. The van der Waals surface area contributed by atoms with Crippen LogP contribution in [0.25, 0.3) is 0 Å². The normalized spacial score (nSPS) is 21.9. The fourth-order valence-electron chi connectivity index (χ4n) is 3.62. The number of piperazine rings is 1. The van der Waals surface area contributed by atoms with Crippen LogP contribution in [0, 0.1) is 5.41 Å². The van der Waals surface area contributed by atoms with Crippen LogP contribution < -0.4 is 5.32 Å². The van der Waals surface area contributed by atoms with Gasteiger partial charge in [-0.05, 0) is 31.2 Å². The fraction of sp³-hybridized carbons (Fsp3) is 0.667. The molecule has 1 aliphatic heterocycles. The lowest BCUT2D eigenvalue weighted by Crippen LogP contribution is -2.55. The smallest absolute Gasteiger partial charge is 0.0449 e. The zero-order valence-electron chi connectivity index (χ0n) is 13.7. The highest BCUT2D eigenvalue weighted by atomic mass is 15.2. The maximum Gasteiger partial charge on any atom is 0.0449 e. The van der Waals surface area contributed by atoms with E-state index in [1.54, 1.807) is 0 Å². The first-order chi connectivity index (χ1) is 9.28. The van der Waals surface area contributed by atoms with Crippen LogP contribution in [-0.4, -0.2) is 30.1 Å². The Labute approximate surface area is 124 Å². The standard InChI is InChI=1S/C18H30N2/c1-17(2,3)14-18(4,5)20-12-11-19-16(13-20)15-9-7-6-8-10-15/h6-10,16,19H,11-14H2,1-5H3. The summed E-state index contributed by atoms with van der Waals surface area (Å²) in [5.74, 6) is 0. The summed E-state index contributed by atoms with van der Waals surface area (Å²) in [5, 5.41) is 3.66. The highest BCUT2D eigenvalue weighted by molar-refractivity contribution is 5.20. The lowest BCUT2D eigenvalue weighted by Gasteiger charge is -2.46. The van der Waals surface area contributed by atoms with Gasteiger partial charge < -0.3 is 5.32 Å². The van der Waals surface area contributed by atoms with Crippen LogP contribution in [0.15, 0.2) is 30.3 Å². The van der Waals surface area contributed by atoms with Crippen LogP contribution in [0.1, 0.15) is 52.6 Å². The first-order valence-corrected chi connectivity index (χ1v) is 7.81. The Morgan fingerprint density at radius 3 is 2.35 bits per heavy atom. The average Bonchev–Trinajstić information content (AvgIpc) is 2.37. The molecule has 1 unspecified atom stereocenters. The van der Waals surface area contributed by atoms with Crippen LogP contribution in [0.2, 0.25) is 0 Å². The van der Waals surface area contributed by atoms with Crippen molar-refractivity contribution in [3.8, 4) is 0 Å². The van der Waals surface area contributed by atoms with E-state index in [1.165, 1.54) is 12.0 Å². The second-order valence-electron chi connectivity index (χ2n) is 7.91. The number of nitrogens with zero attached hydrogens (tertiary/aromatic N) is 1. The molecule has 2 rings (SSSR count). The van der Waals surface area contributed by atoms with Crippen molar-refractivity contribution in [2.75, 3.05) is 19.6 Å². The third kappa shape index (κ3) is 4.07. The zero-order chi connectivity index (χ0) is 14.8.